The van der Waals surface area contributed by atoms with E-state index in [1.54, 1.807) is 12.1 Å². The second kappa shape index (κ2) is 12.9. The monoisotopic (exact) mass is 625 g/mol. The lowest BCUT2D eigenvalue weighted by atomic mass is 9.93. The van der Waals surface area contributed by atoms with Crippen LogP contribution in [0, 0.1) is 25.2 Å². The number of rotatable bonds is 8. The van der Waals surface area contributed by atoms with E-state index in [4.69, 9.17) is 27.9 Å². The molecule has 2 heterocycles. The standard InChI is InChI=1S/C37H37Cl2N3O2/c1-22(2)32(23(3)4)33-31(38)15-14-30-29(9-7-18-44-28-19-24(5)34(39)25(6)20-28)36-37(43)41(16-8-17-42(36)35(30)33)27-12-10-26(21-40)11-13-27/h10-15,19-20H,1,7-9,16-18H2,2-6H3. The Bertz CT molecular complexity index is 1830. The van der Waals surface area contributed by atoms with E-state index in [1.165, 1.54) is 0 Å². The SMILES string of the molecule is C=C(C)C(=C(C)C)c1c(Cl)ccc2c(CCCOc3cc(C)c(Cl)c(C)c3)c3n(c12)CCCN(c1ccc(C#N)cc1)C3=O. The fourth-order valence-electron chi connectivity index (χ4n) is 6.35. The topological polar surface area (TPSA) is 58.3 Å². The van der Waals surface area contributed by atoms with Crippen molar-refractivity contribution >= 4 is 51.3 Å². The molecule has 1 amide bonds. The third-order valence-electron chi connectivity index (χ3n) is 8.22. The predicted molar refractivity (Wildman–Crippen MR) is 182 cm³/mol. The van der Waals surface area contributed by atoms with Gasteiger partial charge < -0.3 is 14.2 Å². The zero-order valence-electron chi connectivity index (χ0n) is 26.0. The summed E-state index contributed by atoms with van der Waals surface area (Å²) in [7, 11) is 0. The Morgan fingerprint density at radius 3 is 2.32 bits per heavy atom. The Kier molecular flexibility index (Phi) is 9.25. The van der Waals surface area contributed by atoms with Crippen LogP contribution in [-0.4, -0.2) is 23.6 Å². The van der Waals surface area contributed by atoms with Gasteiger partial charge in [-0.3, -0.25) is 4.79 Å². The van der Waals surface area contributed by atoms with Crippen molar-refractivity contribution in [2.75, 3.05) is 18.1 Å². The van der Waals surface area contributed by atoms with Gasteiger partial charge in [0.05, 0.1) is 28.8 Å². The number of carbonyl (C=O) groups excluding carboxylic acids is 1. The molecule has 4 aromatic rings. The molecule has 0 radical (unpaired) electrons. The number of hydrogen-bond acceptors (Lipinski definition) is 3. The van der Waals surface area contributed by atoms with E-state index >= 15 is 0 Å². The van der Waals surface area contributed by atoms with E-state index in [0.717, 1.165) is 72.8 Å². The van der Waals surface area contributed by atoms with Crippen molar-refractivity contribution in [3.05, 3.63) is 110 Å². The number of benzene rings is 3. The summed E-state index contributed by atoms with van der Waals surface area (Å²) in [6.07, 6.45) is 2.13. The van der Waals surface area contributed by atoms with Gasteiger partial charge in [-0.1, -0.05) is 47.0 Å². The number of fused-ring (bicyclic) bond motifs is 3. The Balaban J connectivity index is 1.61. The smallest absolute Gasteiger partial charge is 0.275 e. The summed E-state index contributed by atoms with van der Waals surface area (Å²) in [5, 5.41) is 11.7. The minimum atomic E-state index is -0.0561. The van der Waals surface area contributed by atoms with Gasteiger partial charge in [0.15, 0.2) is 0 Å². The van der Waals surface area contributed by atoms with Crippen molar-refractivity contribution < 1.29 is 9.53 Å². The summed E-state index contributed by atoms with van der Waals surface area (Å²) in [5.41, 5.74) is 9.93. The van der Waals surface area contributed by atoms with Crippen molar-refractivity contribution in [2.24, 2.45) is 0 Å². The Labute approximate surface area is 269 Å². The van der Waals surface area contributed by atoms with Gasteiger partial charge in [-0.25, -0.2) is 0 Å². The molecule has 1 aliphatic rings. The Morgan fingerprint density at radius 1 is 1.02 bits per heavy atom. The average molecular weight is 627 g/mol. The zero-order chi connectivity index (χ0) is 31.7. The number of hydrogen-bond donors (Lipinski definition) is 0. The van der Waals surface area contributed by atoms with E-state index in [-0.39, 0.29) is 5.91 Å². The van der Waals surface area contributed by atoms with Crippen molar-refractivity contribution in [2.45, 2.75) is 60.4 Å². The van der Waals surface area contributed by atoms with Crippen LogP contribution < -0.4 is 9.64 Å². The number of nitriles is 1. The maximum absolute atomic E-state index is 14.5. The molecule has 3 aromatic carbocycles. The van der Waals surface area contributed by atoms with Crippen molar-refractivity contribution in [3.63, 3.8) is 0 Å². The van der Waals surface area contributed by atoms with Gasteiger partial charge in [0.25, 0.3) is 5.91 Å². The molecule has 0 aliphatic carbocycles. The van der Waals surface area contributed by atoms with Gasteiger partial charge in [-0.2, -0.15) is 5.26 Å². The van der Waals surface area contributed by atoms with E-state index in [0.29, 0.717) is 48.8 Å². The minimum Gasteiger partial charge on any atom is -0.494 e. The minimum absolute atomic E-state index is 0.0561. The van der Waals surface area contributed by atoms with Gasteiger partial charge in [-0.15, -0.1) is 0 Å². The largest absolute Gasteiger partial charge is 0.494 e. The lowest BCUT2D eigenvalue weighted by Gasteiger charge is -2.21. The van der Waals surface area contributed by atoms with Gasteiger partial charge in [0, 0.05) is 34.7 Å². The lowest BCUT2D eigenvalue weighted by Crippen LogP contribution is -2.31. The first-order chi connectivity index (χ1) is 21.0. The molecule has 1 aliphatic heterocycles. The van der Waals surface area contributed by atoms with E-state index in [9.17, 15) is 10.1 Å². The molecule has 5 rings (SSSR count). The summed E-state index contributed by atoms with van der Waals surface area (Å²) in [6, 6.07) is 17.3. The van der Waals surface area contributed by atoms with E-state index < -0.39 is 0 Å². The molecule has 0 N–H and O–H groups in total. The maximum atomic E-state index is 14.5. The highest BCUT2D eigenvalue weighted by atomic mass is 35.5. The molecular formula is C37H37Cl2N3O2. The van der Waals surface area contributed by atoms with Crippen LogP contribution in [0.15, 0.2) is 66.3 Å². The number of ether oxygens (including phenoxy) is 1. The second-order valence-corrected chi connectivity index (χ2v) is 12.5. The van der Waals surface area contributed by atoms with Gasteiger partial charge in [-0.05, 0) is 119 Å². The molecule has 0 spiro atoms. The number of nitrogens with zero attached hydrogens (tertiary/aromatic N) is 3. The first-order valence-electron chi connectivity index (χ1n) is 14.9. The number of anilines is 1. The maximum Gasteiger partial charge on any atom is 0.275 e. The molecule has 0 saturated heterocycles. The van der Waals surface area contributed by atoms with Crippen LogP contribution in [0.5, 0.6) is 5.75 Å². The number of aryl methyl sites for hydroxylation is 4. The molecule has 7 heteroatoms. The molecule has 44 heavy (non-hydrogen) atoms. The molecule has 5 nitrogen and oxygen atoms in total. The Hall–Kier alpha value is -3.98. The van der Waals surface area contributed by atoms with E-state index in [1.807, 2.05) is 62.1 Å². The summed E-state index contributed by atoms with van der Waals surface area (Å²) >= 11 is 13.3. The van der Waals surface area contributed by atoms with Gasteiger partial charge in [0.2, 0.25) is 0 Å². The molecular weight excluding hydrogens is 589 g/mol. The number of amides is 1. The summed E-state index contributed by atoms with van der Waals surface area (Å²) in [6.45, 7) is 16.1. The van der Waals surface area contributed by atoms with Crippen LogP contribution in [0.4, 0.5) is 5.69 Å². The number of allylic oxidation sites excluding steroid dienone is 3. The van der Waals surface area contributed by atoms with Crippen LogP contribution in [0.25, 0.3) is 16.5 Å². The molecule has 0 fully saturated rings. The summed E-state index contributed by atoms with van der Waals surface area (Å²) in [4.78, 5) is 16.3. The molecule has 0 atom stereocenters. The third kappa shape index (κ3) is 5.89. The summed E-state index contributed by atoms with van der Waals surface area (Å²) in [5.74, 6) is 0.733. The second-order valence-electron chi connectivity index (χ2n) is 11.7. The molecule has 0 saturated carbocycles. The lowest BCUT2D eigenvalue weighted by molar-refractivity contribution is 0.0982. The highest BCUT2D eigenvalue weighted by molar-refractivity contribution is 6.34. The van der Waals surface area contributed by atoms with Crippen molar-refractivity contribution in [3.8, 4) is 11.8 Å². The molecule has 0 bridgehead atoms. The summed E-state index contributed by atoms with van der Waals surface area (Å²) < 4.78 is 8.33. The highest BCUT2D eigenvalue weighted by Gasteiger charge is 2.32. The fraction of sp³-hybridized carbons (Fsp3) is 0.297. The first-order valence-corrected chi connectivity index (χ1v) is 15.7. The van der Waals surface area contributed by atoms with Crippen LogP contribution >= 0.6 is 23.2 Å². The number of carbonyl (C=O) groups is 1. The normalized spacial score (nSPS) is 13.0. The van der Waals surface area contributed by atoms with E-state index in [2.05, 4.69) is 31.1 Å². The molecule has 0 unspecified atom stereocenters. The zero-order valence-corrected chi connectivity index (χ0v) is 27.5. The van der Waals surface area contributed by atoms with Crippen LogP contribution in [0.3, 0.4) is 0 Å². The molecule has 1 aromatic heterocycles. The fourth-order valence-corrected chi connectivity index (χ4v) is 6.71. The third-order valence-corrected chi connectivity index (χ3v) is 9.13. The van der Waals surface area contributed by atoms with Crippen LogP contribution in [-0.2, 0) is 13.0 Å². The van der Waals surface area contributed by atoms with Crippen LogP contribution in [0.1, 0.15) is 71.9 Å². The highest BCUT2D eigenvalue weighted by Crippen LogP contribution is 2.42. The van der Waals surface area contributed by atoms with Crippen molar-refractivity contribution in [1.29, 1.82) is 5.26 Å². The quantitative estimate of drug-likeness (QED) is 0.145. The Morgan fingerprint density at radius 2 is 1.70 bits per heavy atom. The van der Waals surface area contributed by atoms with Crippen molar-refractivity contribution in [1.82, 2.24) is 4.57 Å². The first kappa shape index (κ1) is 31.4. The van der Waals surface area contributed by atoms with Crippen LogP contribution in [0.2, 0.25) is 10.0 Å². The molecule has 226 valence electrons. The average Bonchev–Trinajstić information content (AvgIpc) is 3.19. The predicted octanol–water partition coefficient (Wildman–Crippen LogP) is 9.87. The van der Waals surface area contributed by atoms with Gasteiger partial charge >= 0.3 is 0 Å². The number of aromatic nitrogens is 1. The number of halogens is 2. The van der Waals surface area contributed by atoms with Gasteiger partial charge in [0.1, 0.15) is 11.4 Å².